The molecule has 1 N–H and O–H groups in total. The molecule has 0 radical (unpaired) electrons. The average Bonchev–Trinajstić information content (AvgIpc) is 2.73. The molecule has 28 heavy (non-hydrogen) atoms. The van der Waals surface area contributed by atoms with E-state index in [2.05, 4.69) is 10.2 Å². The van der Waals surface area contributed by atoms with Crippen LogP contribution in [0.3, 0.4) is 0 Å². The fraction of sp³-hybridized carbons (Fsp3) is 0.364. The Bertz CT molecular complexity index is 897. The highest BCUT2D eigenvalue weighted by atomic mass is 35.5. The SMILES string of the molecule is CN1C(=O)[C@H]2CCCCN2c2ccc(C(=O)NCCc3ccc(Cl)cc3)cc21. The summed E-state index contributed by atoms with van der Waals surface area (Å²) in [6.45, 7) is 1.43. The number of piperidine rings is 1. The zero-order chi connectivity index (χ0) is 19.7. The molecule has 2 amide bonds. The van der Waals surface area contributed by atoms with Crippen LogP contribution in [0.2, 0.25) is 5.02 Å². The van der Waals surface area contributed by atoms with Crippen molar-refractivity contribution in [1.29, 1.82) is 0 Å². The van der Waals surface area contributed by atoms with Crippen molar-refractivity contribution in [3.63, 3.8) is 0 Å². The van der Waals surface area contributed by atoms with Crippen LogP contribution in [0.4, 0.5) is 11.4 Å². The number of hydrogen-bond donors (Lipinski definition) is 1. The number of benzene rings is 2. The number of likely N-dealkylation sites (N-methyl/N-ethyl adjacent to an activating group) is 1. The summed E-state index contributed by atoms with van der Waals surface area (Å²) in [4.78, 5) is 29.2. The Balaban J connectivity index is 1.46. The lowest BCUT2D eigenvalue weighted by molar-refractivity contribution is -0.120. The third kappa shape index (κ3) is 3.59. The maximum atomic E-state index is 12.7. The van der Waals surface area contributed by atoms with Crippen molar-refractivity contribution in [2.45, 2.75) is 31.7 Å². The molecule has 0 bridgehead atoms. The number of carbonyl (C=O) groups excluding carboxylic acids is 2. The number of nitrogens with one attached hydrogen (secondary N) is 1. The molecule has 2 aliphatic rings. The fourth-order valence-electron chi connectivity index (χ4n) is 4.07. The topological polar surface area (TPSA) is 52.7 Å². The van der Waals surface area contributed by atoms with Crippen molar-refractivity contribution in [2.24, 2.45) is 0 Å². The van der Waals surface area contributed by atoms with Gasteiger partial charge in [-0.05, 0) is 61.6 Å². The Morgan fingerprint density at radius 1 is 1.14 bits per heavy atom. The first-order valence-corrected chi connectivity index (χ1v) is 10.1. The number of rotatable bonds is 4. The summed E-state index contributed by atoms with van der Waals surface area (Å²) in [6, 6.07) is 13.2. The monoisotopic (exact) mass is 397 g/mol. The predicted molar refractivity (Wildman–Crippen MR) is 112 cm³/mol. The number of anilines is 2. The lowest BCUT2D eigenvalue weighted by Gasteiger charge is -2.44. The molecule has 1 saturated heterocycles. The fourth-order valence-corrected chi connectivity index (χ4v) is 4.19. The molecule has 5 nitrogen and oxygen atoms in total. The lowest BCUT2D eigenvalue weighted by atomic mass is 9.96. The van der Waals surface area contributed by atoms with Crippen molar-refractivity contribution >= 4 is 34.8 Å². The minimum Gasteiger partial charge on any atom is -0.358 e. The molecular weight excluding hydrogens is 374 g/mol. The number of halogens is 1. The van der Waals surface area contributed by atoms with Gasteiger partial charge in [0.05, 0.1) is 11.4 Å². The van der Waals surface area contributed by atoms with Gasteiger partial charge in [-0.1, -0.05) is 23.7 Å². The van der Waals surface area contributed by atoms with Gasteiger partial charge in [-0.2, -0.15) is 0 Å². The highest BCUT2D eigenvalue weighted by Gasteiger charge is 2.37. The van der Waals surface area contributed by atoms with Crippen molar-refractivity contribution in [3.8, 4) is 0 Å². The van der Waals surface area contributed by atoms with Gasteiger partial charge in [-0.25, -0.2) is 0 Å². The van der Waals surface area contributed by atoms with Crippen LogP contribution in [-0.4, -0.2) is 38.0 Å². The Morgan fingerprint density at radius 3 is 2.71 bits per heavy atom. The highest BCUT2D eigenvalue weighted by molar-refractivity contribution is 6.30. The van der Waals surface area contributed by atoms with Gasteiger partial charge in [0.25, 0.3) is 5.91 Å². The first-order chi connectivity index (χ1) is 13.5. The van der Waals surface area contributed by atoms with Gasteiger partial charge in [-0.3, -0.25) is 9.59 Å². The van der Waals surface area contributed by atoms with Crippen LogP contribution in [0.15, 0.2) is 42.5 Å². The standard InChI is InChI=1S/C22H24ClN3O2/c1-25-20-14-16(21(27)24-12-11-15-5-8-17(23)9-6-15)7-10-18(20)26-13-3-2-4-19(26)22(25)28/h5-10,14,19H,2-4,11-13H2,1H3,(H,24,27)/t19-/m1/s1. The van der Waals surface area contributed by atoms with E-state index in [1.807, 2.05) is 42.5 Å². The molecule has 0 unspecified atom stereocenters. The Labute approximate surface area is 170 Å². The Hall–Kier alpha value is -2.53. The van der Waals surface area contributed by atoms with E-state index in [1.54, 1.807) is 11.9 Å². The third-order valence-corrected chi connectivity index (χ3v) is 5.89. The summed E-state index contributed by atoms with van der Waals surface area (Å²) < 4.78 is 0. The molecule has 2 aromatic rings. The van der Waals surface area contributed by atoms with Crippen LogP contribution >= 0.6 is 11.6 Å². The number of amides is 2. The van der Waals surface area contributed by atoms with Crippen molar-refractivity contribution in [2.75, 3.05) is 29.9 Å². The smallest absolute Gasteiger partial charge is 0.251 e. The minimum absolute atomic E-state index is 0.0645. The van der Waals surface area contributed by atoms with Crippen LogP contribution < -0.4 is 15.1 Å². The van der Waals surface area contributed by atoms with Crippen molar-refractivity contribution in [1.82, 2.24) is 5.32 Å². The zero-order valence-electron chi connectivity index (χ0n) is 16.0. The first kappa shape index (κ1) is 18.8. The summed E-state index contributed by atoms with van der Waals surface area (Å²) in [5.41, 5.74) is 3.56. The lowest BCUT2D eigenvalue weighted by Crippen LogP contribution is -2.54. The van der Waals surface area contributed by atoms with Crippen LogP contribution in [0, 0.1) is 0 Å². The van der Waals surface area contributed by atoms with Crippen molar-refractivity contribution in [3.05, 3.63) is 58.6 Å². The first-order valence-electron chi connectivity index (χ1n) is 9.75. The summed E-state index contributed by atoms with van der Waals surface area (Å²) in [5.74, 6) is -0.00845. The van der Waals surface area contributed by atoms with E-state index < -0.39 is 0 Å². The van der Waals surface area contributed by atoms with Crippen LogP contribution in [0.5, 0.6) is 0 Å². The Morgan fingerprint density at radius 2 is 1.93 bits per heavy atom. The van der Waals surface area contributed by atoms with Crippen LogP contribution in [-0.2, 0) is 11.2 Å². The molecule has 0 spiro atoms. The predicted octanol–water partition coefficient (Wildman–Crippen LogP) is 3.65. The molecule has 0 saturated carbocycles. The number of fused-ring (bicyclic) bond motifs is 3. The van der Waals surface area contributed by atoms with Crippen molar-refractivity contribution < 1.29 is 9.59 Å². The molecule has 1 atom stereocenters. The van der Waals surface area contributed by atoms with Gasteiger partial charge >= 0.3 is 0 Å². The van der Waals surface area contributed by atoms with Gasteiger partial charge in [0.1, 0.15) is 6.04 Å². The highest BCUT2D eigenvalue weighted by Crippen LogP contribution is 2.39. The molecule has 0 aromatic heterocycles. The minimum atomic E-state index is -0.126. The van der Waals surface area contributed by atoms with Gasteiger partial charge in [0.15, 0.2) is 0 Å². The van der Waals surface area contributed by atoms with E-state index in [4.69, 9.17) is 11.6 Å². The molecule has 2 aliphatic heterocycles. The number of carbonyl (C=O) groups is 2. The van der Waals surface area contributed by atoms with Gasteiger partial charge in [0, 0.05) is 30.7 Å². The molecule has 0 aliphatic carbocycles. The molecule has 1 fully saturated rings. The summed E-state index contributed by atoms with van der Waals surface area (Å²) >= 11 is 5.90. The Kier molecular flexibility index (Phi) is 5.27. The van der Waals surface area contributed by atoms with E-state index in [9.17, 15) is 9.59 Å². The van der Waals surface area contributed by atoms with Gasteiger partial charge in [-0.15, -0.1) is 0 Å². The molecular formula is C22H24ClN3O2. The summed E-state index contributed by atoms with van der Waals surface area (Å²) in [6.07, 6.45) is 3.82. The van der Waals surface area contributed by atoms with Crippen LogP contribution in [0.25, 0.3) is 0 Å². The third-order valence-electron chi connectivity index (χ3n) is 5.64. The number of nitrogens with zero attached hydrogens (tertiary/aromatic N) is 2. The summed E-state index contributed by atoms with van der Waals surface area (Å²) in [7, 11) is 1.80. The number of hydrogen-bond acceptors (Lipinski definition) is 3. The second-order valence-electron chi connectivity index (χ2n) is 7.44. The maximum Gasteiger partial charge on any atom is 0.251 e. The van der Waals surface area contributed by atoms with Gasteiger partial charge < -0.3 is 15.1 Å². The van der Waals surface area contributed by atoms with E-state index in [-0.39, 0.29) is 17.9 Å². The molecule has 2 heterocycles. The molecule has 4 rings (SSSR count). The van der Waals surface area contributed by atoms with Gasteiger partial charge in [0.2, 0.25) is 5.91 Å². The van der Waals surface area contributed by atoms with E-state index in [1.165, 1.54) is 0 Å². The van der Waals surface area contributed by atoms with Crippen LogP contribution in [0.1, 0.15) is 35.2 Å². The second-order valence-corrected chi connectivity index (χ2v) is 7.87. The quantitative estimate of drug-likeness (QED) is 0.856. The average molecular weight is 398 g/mol. The van der Waals surface area contributed by atoms with E-state index in [0.29, 0.717) is 17.1 Å². The largest absolute Gasteiger partial charge is 0.358 e. The normalized spacial score (nSPS) is 18.5. The van der Waals surface area contributed by atoms with E-state index in [0.717, 1.165) is 49.2 Å². The second kappa shape index (κ2) is 7.84. The van der Waals surface area contributed by atoms with E-state index >= 15 is 0 Å². The molecule has 6 heteroatoms. The maximum absolute atomic E-state index is 12.7. The molecule has 146 valence electrons. The zero-order valence-corrected chi connectivity index (χ0v) is 16.7. The molecule has 2 aromatic carbocycles. The summed E-state index contributed by atoms with van der Waals surface area (Å²) in [5, 5.41) is 3.67.